The maximum atomic E-state index is 14.7. The number of fused-ring (bicyclic) bond motifs is 1. The number of aryl methyl sites for hydroxylation is 1. The van der Waals surface area contributed by atoms with E-state index in [-0.39, 0.29) is 36.6 Å². The average molecular weight is 388 g/mol. The van der Waals surface area contributed by atoms with Crippen molar-refractivity contribution in [3.8, 4) is 5.75 Å². The molecule has 0 bridgehead atoms. The summed E-state index contributed by atoms with van der Waals surface area (Å²) >= 11 is 0. The van der Waals surface area contributed by atoms with E-state index >= 15 is 0 Å². The van der Waals surface area contributed by atoms with Crippen molar-refractivity contribution >= 4 is 23.4 Å². The fourth-order valence-electron chi connectivity index (χ4n) is 3.43. The molecule has 0 aromatic carbocycles. The van der Waals surface area contributed by atoms with Crippen molar-refractivity contribution in [3.63, 3.8) is 0 Å². The van der Waals surface area contributed by atoms with Crippen molar-refractivity contribution in [1.29, 1.82) is 0 Å². The summed E-state index contributed by atoms with van der Waals surface area (Å²) in [5.41, 5.74) is 8.25. The van der Waals surface area contributed by atoms with Gasteiger partial charge in [0.05, 0.1) is 25.9 Å². The van der Waals surface area contributed by atoms with Crippen LogP contribution in [0.1, 0.15) is 30.7 Å². The summed E-state index contributed by atoms with van der Waals surface area (Å²) in [5, 5.41) is 0. The zero-order valence-electron chi connectivity index (χ0n) is 16.8. The number of amides is 1. The monoisotopic (exact) mass is 388 g/mol. The van der Waals surface area contributed by atoms with Crippen LogP contribution < -0.4 is 20.3 Å². The number of hydrogen-bond acceptors (Lipinski definition) is 7. The molecule has 0 aliphatic carbocycles. The van der Waals surface area contributed by atoms with Gasteiger partial charge in [0.25, 0.3) is 0 Å². The third kappa shape index (κ3) is 3.56. The minimum atomic E-state index is -0.799. The Bertz CT molecular complexity index is 918. The minimum Gasteiger partial charge on any atom is -0.496 e. The molecule has 1 amide bonds. The Morgan fingerprint density at radius 1 is 1.32 bits per heavy atom. The van der Waals surface area contributed by atoms with Crippen LogP contribution in [0, 0.1) is 25.7 Å². The van der Waals surface area contributed by atoms with Gasteiger partial charge in [-0.15, -0.1) is 0 Å². The van der Waals surface area contributed by atoms with Gasteiger partial charge in [0, 0.05) is 23.9 Å². The van der Waals surface area contributed by atoms with Crippen LogP contribution in [0.15, 0.2) is 6.20 Å². The largest absolute Gasteiger partial charge is 0.496 e. The third-order valence-electron chi connectivity index (χ3n) is 4.68. The summed E-state index contributed by atoms with van der Waals surface area (Å²) in [7, 11) is 1.60. The second-order valence-corrected chi connectivity index (χ2v) is 7.35. The summed E-state index contributed by atoms with van der Waals surface area (Å²) < 4.78 is 20.1. The molecule has 2 aromatic rings. The normalized spacial score (nSPS) is 13.9. The third-order valence-corrected chi connectivity index (χ3v) is 4.68. The number of carbonyl (C=O) groups excluding carboxylic acids is 1. The summed E-state index contributed by atoms with van der Waals surface area (Å²) in [6, 6.07) is 0. The maximum absolute atomic E-state index is 14.7. The van der Waals surface area contributed by atoms with Gasteiger partial charge in [0.1, 0.15) is 11.4 Å². The van der Waals surface area contributed by atoms with Crippen LogP contribution in [-0.2, 0) is 11.3 Å². The number of rotatable bonds is 5. The second kappa shape index (κ2) is 7.57. The van der Waals surface area contributed by atoms with Crippen molar-refractivity contribution in [2.24, 2.45) is 5.92 Å². The van der Waals surface area contributed by atoms with Crippen LogP contribution in [0.5, 0.6) is 5.75 Å². The Hall–Kier alpha value is -2.97. The predicted molar refractivity (Wildman–Crippen MR) is 105 cm³/mol. The maximum Gasteiger partial charge on any atom is 0.246 e. The molecule has 0 atom stereocenters. The molecule has 3 heterocycles. The Kier molecular flexibility index (Phi) is 5.35. The quantitative estimate of drug-likeness (QED) is 0.785. The predicted octanol–water partition coefficient (Wildman–Crippen LogP) is 2.23. The average Bonchev–Trinajstić information content (AvgIpc) is 2.60. The van der Waals surface area contributed by atoms with Crippen molar-refractivity contribution in [1.82, 2.24) is 15.0 Å². The van der Waals surface area contributed by atoms with Gasteiger partial charge in [0.15, 0.2) is 5.82 Å². The van der Waals surface area contributed by atoms with Crippen molar-refractivity contribution in [2.75, 3.05) is 35.7 Å². The highest BCUT2D eigenvalue weighted by atomic mass is 19.1. The molecule has 8 nitrogen and oxygen atoms in total. The highest BCUT2D eigenvalue weighted by Crippen LogP contribution is 2.36. The molecule has 9 heteroatoms. The number of aromatic nitrogens is 3. The van der Waals surface area contributed by atoms with Crippen LogP contribution in [0.2, 0.25) is 0 Å². The van der Waals surface area contributed by atoms with E-state index < -0.39 is 5.95 Å². The SMILES string of the molecule is COc1c(C)cnc(CN2CC(=O)N(CC(C)C)c3c(F)nc(N)nc32)c1C. The Morgan fingerprint density at radius 3 is 2.68 bits per heavy atom. The number of nitrogen functional groups attached to an aromatic ring is 1. The summed E-state index contributed by atoms with van der Waals surface area (Å²) in [6.45, 7) is 8.43. The highest BCUT2D eigenvalue weighted by molar-refractivity contribution is 6.02. The molecule has 0 saturated heterocycles. The number of ether oxygens (including phenoxy) is 1. The number of hydrogen-bond donors (Lipinski definition) is 1. The van der Waals surface area contributed by atoms with Crippen LogP contribution in [0.3, 0.4) is 0 Å². The molecule has 0 saturated carbocycles. The molecule has 0 unspecified atom stereocenters. The van der Waals surface area contributed by atoms with Gasteiger partial charge < -0.3 is 20.3 Å². The van der Waals surface area contributed by atoms with E-state index in [0.29, 0.717) is 12.4 Å². The zero-order valence-corrected chi connectivity index (χ0v) is 16.8. The van der Waals surface area contributed by atoms with Gasteiger partial charge in [-0.2, -0.15) is 14.4 Å². The molecule has 28 heavy (non-hydrogen) atoms. The van der Waals surface area contributed by atoms with E-state index in [9.17, 15) is 9.18 Å². The van der Waals surface area contributed by atoms with Crippen LogP contribution in [-0.4, -0.2) is 41.1 Å². The topological polar surface area (TPSA) is 97.5 Å². The lowest BCUT2D eigenvalue weighted by Gasteiger charge is -2.36. The van der Waals surface area contributed by atoms with Gasteiger partial charge in [0.2, 0.25) is 17.8 Å². The zero-order chi connectivity index (χ0) is 20.6. The first-order valence-electron chi connectivity index (χ1n) is 9.10. The Balaban J connectivity index is 2.05. The minimum absolute atomic E-state index is 0.0485. The first kappa shape index (κ1) is 19.8. The summed E-state index contributed by atoms with van der Waals surface area (Å²) in [5.74, 6) is 0.00349. The number of carbonyl (C=O) groups is 1. The van der Waals surface area contributed by atoms with Gasteiger partial charge in [-0.3, -0.25) is 9.78 Å². The smallest absolute Gasteiger partial charge is 0.246 e. The second-order valence-electron chi connectivity index (χ2n) is 7.35. The standard InChI is InChI=1S/C19H25FN6O2/c1-10(2)7-26-14(27)9-25(18-15(26)17(20)23-19(21)24-18)8-13-12(4)16(28-5)11(3)6-22-13/h6,10H,7-9H2,1-5H3,(H2,21,23,24). The number of halogens is 1. The van der Waals surface area contributed by atoms with Crippen LogP contribution in [0.4, 0.5) is 21.8 Å². The molecule has 1 aliphatic rings. The Morgan fingerprint density at radius 2 is 2.04 bits per heavy atom. The summed E-state index contributed by atoms with van der Waals surface area (Å²) in [6.07, 6.45) is 1.72. The lowest BCUT2D eigenvalue weighted by atomic mass is 10.1. The van der Waals surface area contributed by atoms with Crippen molar-refractivity contribution in [3.05, 3.63) is 29.0 Å². The lowest BCUT2D eigenvalue weighted by molar-refractivity contribution is -0.117. The number of methoxy groups -OCH3 is 1. The van der Waals surface area contributed by atoms with Crippen molar-refractivity contribution in [2.45, 2.75) is 34.2 Å². The van der Waals surface area contributed by atoms with E-state index in [1.54, 1.807) is 18.2 Å². The van der Waals surface area contributed by atoms with Crippen molar-refractivity contribution < 1.29 is 13.9 Å². The van der Waals surface area contributed by atoms with E-state index in [1.165, 1.54) is 4.90 Å². The van der Waals surface area contributed by atoms with Crippen LogP contribution >= 0.6 is 0 Å². The first-order valence-corrected chi connectivity index (χ1v) is 9.10. The molecule has 2 N–H and O–H groups in total. The van der Waals surface area contributed by atoms with E-state index in [2.05, 4.69) is 15.0 Å². The molecule has 0 radical (unpaired) electrons. The molecule has 1 aliphatic heterocycles. The molecule has 0 fully saturated rings. The number of anilines is 3. The highest BCUT2D eigenvalue weighted by Gasteiger charge is 2.35. The van der Waals surface area contributed by atoms with Gasteiger partial charge >= 0.3 is 0 Å². The number of nitrogens with zero attached hydrogens (tertiary/aromatic N) is 5. The molecule has 3 rings (SSSR count). The van der Waals surface area contributed by atoms with Gasteiger partial charge in [-0.25, -0.2) is 0 Å². The molecule has 0 spiro atoms. The molecule has 2 aromatic heterocycles. The number of nitrogens with two attached hydrogens (primary N) is 1. The van der Waals surface area contributed by atoms with Crippen LogP contribution in [0.25, 0.3) is 0 Å². The number of pyridine rings is 1. The molecule has 150 valence electrons. The summed E-state index contributed by atoms with van der Waals surface area (Å²) in [4.78, 5) is 28.2. The van der Waals surface area contributed by atoms with Gasteiger partial charge in [-0.05, 0) is 19.8 Å². The lowest BCUT2D eigenvalue weighted by Crippen LogP contribution is -2.48. The fraction of sp³-hybridized carbons (Fsp3) is 0.474. The molecular formula is C19H25FN6O2. The van der Waals surface area contributed by atoms with Gasteiger partial charge in [-0.1, -0.05) is 13.8 Å². The molecular weight excluding hydrogens is 363 g/mol. The first-order chi connectivity index (χ1) is 13.2. The fourth-order valence-corrected chi connectivity index (χ4v) is 3.43. The Labute approximate surface area is 163 Å². The van der Waals surface area contributed by atoms with E-state index in [0.717, 1.165) is 22.6 Å². The van der Waals surface area contributed by atoms with E-state index in [4.69, 9.17) is 10.5 Å². The van der Waals surface area contributed by atoms with E-state index in [1.807, 2.05) is 27.7 Å².